The number of nitrogens with zero attached hydrogens (tertiary/aromatic N) is 1. The fourth-order valence-corrected chi connectivity index (χ4v) is 12.9. The average Bonchev–Trinajstić information content (AvgIpc) is 2.94. The van der Waals surface area contributed by atoms with Crippen LogP contribution in [0.2, 0.25) is 44.3 Å². The van der Waals surface area contributed by atoms with Gasteiger partial charge in [0.2, 0.25) is 0 Å². The lowest BCUT2D eigenvalue weighted by Gasteiger charge is -2.34. The molecule has 1 aromatic rings. The Balaban J connectivity index is 3.20. The minimum Gasteiger partial charge on any atom is -0.397 e. The summed E-state index contributed by atoms with van der Waals surface area (Å²) < 4.78 is 28.0. The fourth-order valence-electron chi connectivity index (χ4n) is 5.59. The van der Waals surface area contributed by atoms with Crippen LogP contribution in [-0.4, -0.2) is 107 Å². The summed E-state index contributed by atoms with van der Waals surface area (Å²) in [7, 11) is 4.52. The highest BCUT2D eigenvalue weighted by Crippen LogP contribution is 2.27. The Kier molecular flexibility index (Phi) is 18.9. The summed E-state index contributed by atoms with van der Waals surface area (Å²) in [5.74, 6) is 0. The van der Waals surface area contributed by atoms with Crippen LogP contribution < -0.4 is 20.6 Å². The molecule has 0 saturated heterocycles. The number of benzene rings is 1. The van der Waals surface area contributed by atoms with Crippen LogP contribution in [0.15, 0.2) is 0 Å². The maximum absolute atomic E-state index is 5.69. The molecule has 0 fully saturated rings. The van der Waals surface area contributed by atoms with E-state index in [-0.39, 0.29) is 0 Å². The van der Waals surface area contributed by atoms with Crippen LogP contribution >= 0.6 is 0 Å². The smallest absolute Gasteiger partial charge is 0.397 e. The van der Waals surface area contributed by atoms with Crippen molar-refractivity contribution in [2.45, 2.75) is 84.4 Å². The van der Waals surface area contributed by atoms with E-state index in [0.29, 0.717) is 0 Å². The van der Waals surface area contributed by atoms with E-state index >= 15 is 0 Å². The molecule has 1 N–H and O–H groups in total. The summed E-state index contributed by atoms with van der Waals surface area (Å²) in [5.41, 5.74) is 6.32. The third kappa shape index (κ3) is 10.5. The SMILES string of the molecule is CCN(CC)c1c(C)c(CC[Si](OC)OC)c([Si](C)C)c(CC[Si]CNCCC[Si](OC)(OC)OC)c1[Si](C)C. The molecule has 1 rings (SSSR count). The van der Waals surface area contributed by atoms with Crippen LogP contribution in [0.4, 0.5) is 5.69 Å². The molecule has 12 heteroatoms. The molecule has 5 radical (unpaired) electrons. The molecular weight excluding hydrogens is 585 g/mol. The molecule has 0 amide bonds. The predicted molar refractivity (Wildman–Crippen MR) is 181 cm³/mol. The Hall–Kier alpha value is -0.136. The Morgan fingerprint density at radius 3 is 1.88 bits per heavy atom. The molecule has 7 nitrogen and oxygen atoms in total. The number of rotatable bonds is 22. The highest BCUT2D eigenvalue weighted by atomic mass is 28.4. The van der Waals surface area contributed by atoms with E-state index in [1.807, 2.05) is 0 Å². The molecule has 0 bridgehead atoms. The van der Waals surface area contributed by atoms with Crippen LogP contribution in [0.1, 0.15) is 37.0 Å². The molecule has 0 aliphatic carbocycles. The van der Waals surface area contributed by atoms with Gasteiger partial charge >= 0.3 is 18.1 Å². The number of hydrogen-bond donors (Lipinski definition) is 1. The third-order valence-corrected chi connectivity index (χ3v) is 16.3. The monoisotopic (exact) mass is 641 g/mol. The van der Waals surface area contributed by atoms with Crippen LogP contribution in [0.3, 0.4) is 0 Å². The lowest BCUT2D eigenvalue weighted by atomic mass is 9.97. The van der Waals surface area contributed by atoms with Crippen molar-refractivity contribution >= 4 is 61.3 Å². The summed E-state index contributed by atoms with van der Waals surface area (Å²) in [6, 6.07) is 3.05. The maximum atomic E-state index is 5.69. The van der Waals surface area contributed by atoms with E-state index in [9.17, 15) is 0 Å². The van der Waals surface area contributed by atoms with Gasteiger partial charge in [-0.25, -0.2) is 0 Å². The van der Waals surface area contributed by atoms with Crippen LogP contribution in [0, 0.1) is 6.92 Å². The molecule has 0 spiro atoms. The highest BCUT2D eigenvalue weighted by molar-refractivity contribution is 6.76. The summed E-state index contributed by atoms with van der Waals surface area (Å²) >= 11 is 0. The molecule has 0 aliphatic rings. The van der Waals surface area contributed by atoms with Gasteiger partial charge in [-0.3, -0.25) is 0 Å². The van der Waals surface area contributed by atoms with Crippen molar-refractivity contribution in [1.29, 1.82) is 0 Å². The summed E-state index contributed by atoms with van der Waals surface area (Å²) in [6.45, 7) is 20.0. The molecule has 0 aliphatic heterocycles. The minimum absolute atomic E-state index is 0.656. The van der Waals surface area contributed by atoms with Gasteiger partial charge in [0.1, 0.15) is 0 Å². The van der Waals surface area contributed by atoms with E-state index in [1.165, 1.54) is 23.7 Å². The molecule has 0 aromatic heterocycles. The standard InChI is InChI=1S/C28H57N2O5Si5/c1-13-30(14-2)26-23(3)24(17-20-39(31-4)32-5)27(37(9)10)25(28(26)38(11)12)16-19-36-22-29-18-15-21-40(33-6,34-7)35-8/h29H,13-22H2,1-12H3. The van der Waals surface area contributed by atoms with Crippen molar-refractivity contribution in [3.63, 3.8) is 0 Å². The van der Waals surface area contributed by atoms with Gasteiger partial charge in [0, 0.05) is 60.4 Å². The second-order valence-corrected chi connectivity index (χ2v) is 22.0. The van der Waals surface area contributed by atoms with E-state index < -0.39 is 35.7 Å². The average molecular weight is 642 g/mol. The molecule has 0 heterocycles. The topological polar surface area (TPSA) is 61.4 Å². The van der Waals surface area contributed by atoms with E-state index in [0.717, 1.165) is 60.3 Å². The van der Waals surface area contributed by atoms with Crippen LogP contribution in [0.25, 0.3) is 0 Å². The Labute approximate surface area is 255 Å². The van der Waals surface area contributed by atoms with Gasteiger partial charge in [-0.2, -0.15) is 0 Å². The van der Waals surface area contributed by atoms with Gasteiger partial charge in [0.25, 0.3) is 0 Å². The molecule has 0 unspecified atom stereocenters. The normalized spacial score (nSPS) is 12.4. The lowest BCUT2D eigenvalue weighted by Crippen LogP contribution is -2.45. The Bertz CT molecular complexity index is 843. The predicted octanol–water partition coefficient (Wildman–Crippen LogP) is 3.57. The maximum Gasteiger partial charge on any atom is 0.500 e. The van der Waals surface area contributed by atoms with E-state index in [1.54, 1.807) is 57.0 Å². The third-order valence-electron chi connectivity index (χ3n) is 7.64. The van der Waals surface area contributed by atoms with Crippen molar-refractivity contribution in [2.24, 2.45) is 0 Å². The molecule has 0 saturated carbocycles. The molecule has 40 heavy (non-hydrogen) atoms. The highest BCUT2D eigenvalue weighted by Gasteiger charge is 2.36. The van der Waals surface area contributed by atoms with E-state index in [4.69, 9.17) is 22.1 Å². The van der Waals surface area contributed by atoms with Gasteiger partial charge in [-0.05, 0) is 80.7 Å². The van der Waals surface area contributed by atoms with Gasteiger partial charge < -0.3 is 32.3 Å². The molecule has 0 atom stereocenters. The largest absolute Gasteiger partial charge is 0.500 e. The fraction of sp³-hybridized carbons (Fsp3) is 0.786. The summed E-state index contributed by atoms with van der Waals surface area (Å²) in [6.07, 6.45) is 4.28. The Morgan fingerprint density at radius 2 is 1.40 bits per heavy atom. The van der Waals surface area contributed by atoms with E-state index in [2.05, 4.69) is 57.2 Å². The number of hydrogen-bond acceptors (Lipinski definition) is 7. The van der Waals surface area contributed by atoms with Gasteiger partial charge in [-0.1, -0.05) is 37.4 Å². The first-order chi connectivity index (χ1) is 19.1. The Morgan fingerprint density at radius 1 is 0.825 bits per heavy atom. The van der Waals surface area contributed by atoms with Crippen molar-refractivity contribution in [3.8, 4) is 0 Å². The zero-order valence-corrected chi connectivity index (χ0v) is 32.6. The zero-order valence-electron chi connectivity index (χ0n) is 27.6. The number of nitrogens with one attached hydrogen (secondary N) is 1. The van der Waals surface area contributed by atoms with Gasteiger partial charge in [0.05, 0.1) is 27.1 Å². The summed E-state index contributed by atoms with van der Waals surface area (Å²) in [5, 5.41) is 7.05. The van der Waals surface area contributed by atoms with Crippen molar-refractivity contribution in [3.05, 3.63) is 16.7 Å². The molecule has 1 aromatic carbocycles. The van der Waals surface area contributed by atoms with Crippen LogP contribution in [0.5, 0.6) is 0 Å². The van der Waals surface area contributed by atoms with Gasteiger partial charge in [-0.15, -0.1) is 0 Å². The van der Waals surface area contributed by atoms with Crippen LogP contribution in [-0.2, 0) is 35.0 Å². The first-order valence-electron chi connectivity index (χ1n) is 14.7. The number of anilines is 1. The van der Waals surface area contributed by atoms with Crippen molar-refractivity contribution < 1.29 is 22.1 Å². The van der Waals surface area contributed by atoms with Gasteiger partial charge in [0.15, 0.2) is 0 Å². The lowest BCUT2D eigenvalue weighted by molar-refractivity contribution is 0.123. The molecule has 229 valence electrons. The second-order valence-electron chi connectivity index (χ2n) is 10.5. The molecular formula is C28H57N2O5Si5. The first kappa shape index (κ1) is 37.9. The first-order valence-corrected chi connectivity index (χ1v) is 24.5. The van der Waals surface area contributed by atoms with Crippen molar-refractivity contribution in [1.82, 2.24) is 5.32 Å². The van der Waals surface area contributed by atoms with Crippen molar-refractivity contribution in [2.75, 3.05) is 66.3 Å². The zero-order chi connectivity index (χ0) is 30.3. The second kappa shape index (κ2) is 19.9. The summed E-state index contributed by atoms with van der Waals surface area (Å²) in [4.78, 5) is 2.61. The minimum atomic E-state index is -2.47. The quantitative estimate of drug-likeness (QED) is 0.154.